The summed E-state index contributed by atoms with van der Waals surface area (Å²) in [5.74, 6) is 0.641. The van der Waals surface area contributed by atoms with Crippen molar-refractivity contribution in [2.24, 2.45) is 0 Å². The maximum absolute atomic E-state index is 13.0. The quantitative estimate of drug-likeness (QED) is 0.755. The number of rotatable bonds is 3. The molecule has 0 spiro atoms. The standard InChI is InChI=1S/C15H12ClFO2/c1-9-7-11(17)3-6-15(9)19-12-4-5-13(10(2)18)14(16)8-12/h3-8H,1-2H3. The van der Waals surface area contributed by atoms with Gasteiger partial charge in [0.05, 0.1) is 5.02 Å². The van der Waals surface area contributed by atoms with Gasteiger partial charge in [-0.15, -0.1) is 0 Å². The molecule has 0 aliphatic rings. The highest BCUT2D eigenvalue weighted by Crippen LogP contribution is 2.29. The van der Waals surface area contributed by atoms with Crippen molar-refractivity contribution in [1.29, 1.82) is 0 Å². The minimum absolute atomic E-state index is 0.102. The van der Waals surface area contributed by atoms with Crippen LogP contribution in [0.4, 0.5) is 4.39 Å². The van der Waals surface area contributed by atoms with Gasteiger partial charge in [0.25, 0.3) is 0 Å². The Morgan fingerprint density at radius 3 is 2.53 bits per heavy atom. The fraction of sp³-hybridized carbons (Fsp3) is 0.133. The van der Waals surface area contributed by atoms with Crippen LogP contribution in [-0.4, -0.2) is 5.78 Å². The first kappa shape index (κ1) is 13.6. The van der Waals surface area contributed by atoms with Crippen LogP contribution in [0.1, 0.15) is 22.8 Å². The van der Waals surface area contributed by atoms with Crippen molar-refractivity contribution < 1.29 is 13.9 Å². The summed E-state index contributed by atoms with van der Waals surface area (Å²) in [5, 5.41) is 0.338. The molecule has 2 nitrogen and oxygen atoms in total. The van der Waals surface area contributed by atoms with E-state index in [1.807, 2.05) is 0 Å². The predicted octanol–water partition coefficient (Wildman–Crippen LogP) is 4.78. The minimum atomic E-state index is -0.310. The van der Waals surface area contributed by atoms with Crippen molar-refractivity contribution >= 4 is 17.4 Å². The molecule has 0 radical (unpaired) electrons. The van der Waals surface area contributed by atoms with Crippen LogP contribution in [0.25, 0.3) is 0 Å². The molecule has 0 amide bonds. The van der Waals surface area contributed by atoms with Crippen molar-refractivity contribution in [3.63, 3.8) is 0 Å². The average Bonchev–Trinajstić information content (AvgIpc) is 2.32. The van der Waals surface area contributed by atoms with Crippen molar-refractivity contribution in [2.75, 3.05) is 0 Å². The number of halogens is 2. The van der Waals surface area contributed by atoms with Gasteiger partial charge in [0.1, 0.15) is 17.3 Å². The lowest BCUT2D eigenvalue weighted by molar-refractivity contribution is 0.101. The Balaban J connectivity index is 2.29. The predicted molar refractivity (Wildman–Crippen MR) is 72.7 cm³/mol. The lowest BCUT2D eigenvalue weighted by Gasteiger charge is -2.10. The van der Waals surface area contributed by atoms with E-state index in [-0.39, 0.29) is 11.6 Å². The Morgan fingerprint density at radius 2 is 1.95 bits per heavy atom. The molecule has 0 aliphatic carbocycles. The summed E-state index contributed by atoms with van der Waals surface area (Å²) >= 11 is 5.99. The van der Waals surface area contributed by atoms with Crippen LogP contribution >= 0.6 is 11.6 Å². The summed E-state index contributed by atoms with van der Waals surface area (Å²) < 4.78 is 18.6. The summed E-state index contributed by atoms with van der Waals surface area (Å²) in [5.41, 5.74) is 1.14. The molecule has 0 aromatic heterocycles. The summed E-state index contributed by atoms with van der Waals surface area (Å²) in [4.78, 5) is 11.3. The molecule has 98 valence electrons. The molecule has 4 heteroatoms. The molecule has 0 aliphatic heterocycles. The Morgan fingerprint density at radius 1 is 1.21 bits per heavy atom. The number of carbonyl (C=O) groups excluding carboxylic acids is 1. The van der Waals surface area contributed by atoms with Crippen molar-refractivity contribution in [1.82, 2.24) is 0 Å². The Labute approximate surface area is 115 Å². The molecule has 0 saturated heterocycles. The van der Waals surface area contributed by atoms with Gasteiger partial charge in [-0.3, -0.25) is 4.79 Å². The van der Waals surface area contributed by atoms with E-state index in [0.717, 1.165) is 0 Å². The summed E-state index contributed by atoms with van der Waals surface area (Å²) in [6, 6.07) is 9.11. The number of aryl methyl sites for hydroxylation is 1. The van der Waals surface area contributed by atoms with E-state index >= 15 is 0 Å². The van der Waals surface area contributed by atoms with Gasteiger partial charge in [0.15, 0.2) is 5.78 Å². The van der Waals surface area contributed by atoms with Crippen LogP contribution in [0.2, 0.25) is 5.02 Å². The number of ketones is 1. The molecule has 0 atom stereocenters. The van der Waals surface area contributed by atoms with Gasteiger partial charge >= 0.3 is 0 Å². The second-order valence-electron chi connectivity index (χ2n) is 4.21. The lowest BCUT2D eigenvalue weighted by atomic mass is 10.1. The SMILES string of the molecule is CC(=O)c1ccc(Oc2ccc(F)cc2C)cc1Cl. The number of hydrogen-bond acceptors (Lipinski definition) is 2. The first-order valence-corrected chi connectivity index (χ1v) is 6.09. The van der Waals surface area contributed by atoms with Crippen LogP contribution < -0.4 is 4.74 Å². The van der Waals surface area contributed by atoms with E-state index < -0.39 is 0 Å². The zero-order valence-corrected chi connectivity index (χ0v) is 11.3. The molecule has 19 heavy (non-hydrogen) atoms. The molecule has 0 unspecified atom stereocenters. The highest BCUT2D eigenvalue weighted by molar-refractivity contribution is 6.34. The van der Waals surface area contributed by atoms with Gasteiger partial charge in [-0.2, -0.15) is 0 Å². The molecule has 0 heterocycles. The molecule has 0 saturated carbocycles. The van der Waals surface area contributed by atoms with E-state index in [1.165, 1.54) is 19.1 Å². The number of ether oxygens (including phenoxy) is 1. The molecule has 2 aromatic rings. The fourth-order valence-corrected chi connectivity index (χ4v) is 2.00. The van der Waals surface area contributed by atoms with Gasteiger partial charge < -0.3 is 4.74 Å². The molecule has 2 aromatic carbocycles. The van der Waals surface area contributed by atoms with Gasteiger partial charge in [-0.25, -0.2) is 4.39 Å². The van der Waals surface area contributed by atoms with E-state index in [9.17, 15) is 9.18 Å². The van der Waals surface area contributed by atoms with Crippen molar-refractivity contribution in [3.8, 4) is 11.5 Å². The third-order valence-corrected chi connectivity index (χ3v) is 3.00. The average molecular weight is 279 g/mol. The molecule has 0 fully saturated rings. The largest absolute Gasteiger partial charge is 0.457 e. The van der Waals surface area contributed by atoms with Crippen LogP contribution in [0.3, 0.4) is 0 Å². The summed E-state index contributed by atoms with van der Waals surface area (Å²) in [6.45, 7) is 3.20. The lowest BCUT2D eigenvalue weighted by Crippen LogP contribution is -1.94. The zero-order valence-electron chi connectivity index (χ0n) is 10.5. The van der Waals surface area contributed by atoms with E-state index in [1.54, 1.807) is 31.2 Å². The van der Waals surface area contributed by atoms with E-state index in [2.05, 4.69) is 0 Å². The van der Waals surface area contributed by atoms with E-state index in [4.69, 9.17) is 16.3 Å². The molecule has 0 bridgehead atoms. The van der Waals surface area contributed by atoms with Gasteiger partial charge in [0, 0.05) is 11.6 Å². The number of Topliss-reactive ketones (excluding diaryl/α,β-unsaturated/α-hetero) is 1. The smallest absolute Gasteiger partial charge is 0.161 e. The van der Waals surface area contributed by atoms with Crippen LogP contribution in [0, 0.1) is 12.7 Å². The third kappa shape index (κ3) is 3.12. The third-order valence-electron chi connectivity index (χ3n) is 2.68. The highest BCUT2D eigenvalue weighted by atomic mass is 35.5. The Kier molecular flexibility index (Phi) is 3.86. The van der Waals surface area contributed by atoms with Crippen molar-refractivity contribution in [2.45, 2.75) is 13.8 Å². The monoisotopic (exact) mass is 278 g/mol. The van der Waals surface area contributed by atoms with Crippen LogP contribution in [0.5, 0.6) is 11.5 Å². The van der Waals surface area contributed by atoms with E-state index in [0.29, 0.717) is 27.6 Å². The van der Waals surface area contributed by atoms with Crippen molar-refractivity contribution in [3.05, 3.63) is 58.4 Å². The van der Waals surface area contributed by atoms with Gasteiger partial charge in [0.2, 0.25) is 0 Å². The Hall–Kier alpha value is -1.87. The maximum atomic E-state index is 13.0. The molecular weight excluding hydrogens is 267 g/mol. The van der Waals surface area contributed by atoms with Crippen LogP contribution in [0.15, 0.2) is 36.4 Å². The number of hydrogen-bond donors (Lipinski definition) is 0. The second-order valence-corrected chi connectivity index (χ2v) is 4.62. The topological polar surface area (TPSA) is 26.3 Å². The first-order chi connectivity index (χ1) is 8.97. The summed E-state index contributed by atoms with van der Waals surface area (Å²) in [7, 11) is 0. The fourth-order valence-electron chi connectivity index (χ4n) is 1.70. The highest BCUT2D eigenvalue weighted by Gasteiger charge is 2.08. The number of benzene rings is 2. The maximum Gasteiger partial charge on any atom is 0.161 e. The second kappa shape index (κ2) is 5.41. The first-order valence-electron chi connectivity index (χ1n) is 5.72. The summed E-state index contributed by atoms with van der Waals surface area (Å²) in [6.07, 6.45) is 0. The zero-order chi connectivity index (χ0) is 14.0. The van der Waals surface area contributed by atoms with Gasteiger partial charge in [-0.05, 0) is 49.7 Å². The number of carbonyl (C=O) groups is 1. The van der Waals surface area contributed by atoms with Gasteiger partial charge in [-0.1, -0.05) is 11.6 Å². The van der Waals surface area contributed by atoms with Crippen LogP contribution in [-0.2, 0) is 0 Å². The Bertz CT molecular complexity index is 638. The molecular formula is C15H12ClFO2. The minimum Gasteiger partial charge on any atom is -0.457 e. The normalized spacial score (nSPS) is 10.3. The molecule has 0 N–H and O–H groups in total. The molecule has 2 rings (SSSR count).